The summed E-state index contributed by atoms with van der Waals surface area (Å²) >= 11 is 0. The lowest BCUT2D eigenvalue weighted by Gasteiger charge is -2.22. The van der Waals surface area contributed by atoms with Crippen LogP contribution in [0, 0.1) is 24.2 Å². The Bertz CT molecular complexity index is 478. The van der Waals surface area contributed by atoms with Gasteiger partial charge in [0.2, 0.25) is 0 Å². The van der Waals surface area contributed by atoms with Crippen molar-refractivity contribution in [3.8, 4) is 6.07 Å². The molecule has 0 bridgehead atoms. The van der Waals surface area contributed by atoms with Crippen molar-refractivity contribution in [1.29, 1.82) is 5.26 Å². The Kier molecular flexibility index (Phi) is 4.67. The van der Waals surface area contributed by atoms with Crippen LogP contribution in [0.4, 0.5) is 5.69 Å². The highest BCUT2D eigenvalue weighted by Crippen LogP contribution is 2.15. The van der Waals surface area contributed by atoms with Crippen LogP contribution in [0.25, 0.3) is 0 Å². The highest BCUT2D eigenvalue weighted by molar-refractivity contribution is 5.98. The van der Waals surface area contributed by atoms with E-state index in [0.717, 1.165) is 5.69 Å². The van der Waals surface area contributed by atoms with Gasteiger partial charge < -0.3 is 10.6 Å². The Balaban J connectivity index is 2.94. The van der Waals surface area contributed by atoms with Gasteiger partial charge in [0.1, 0.15) is 0 Å². The fraction of sp³-hybridized carbons (Fsp3) is 0.462. The molecule has 0 fully saturated rings. The fourth-order valence-electron chi connectivity index (χ4n) is 1.66. The second kappa shape index (κ2) is 6.01. The smallest absolute Gasteiger partial charge is 0.257 e. The molecule has 0 spiro atoms. The lowest BCUT2D eigenvalue weighted by atomic mass is 10.1. The van der Waals surface area contributed by atoms with Crippen molar-refractivity contribution in [2.24, 2.45) is 5.92 Å². The van der Waals surface area contributed by atoms with E-state index in [1.165, 1.54) is 6.20 Å². The number of hydrogen-bond acceptors (Lipinski definition) is 4. The van der Waals surface area contributed by atoms with Crippen molar-refractivity contribution < 1.29 is 4.79 Å². The predicted octanol–water partition coefficient (Wildman–Crippen LogP) is 1.59. The first-order valence-electron chi connectivity index (χ1n) is 5.90. The largest absolute Gasteiger partial charge is 0.398 e. The van der Waals surface area contributed by atoms with E-state index < -0.39 is 0 Å². The maximum absolute atomic E-state index is 12.3. The molecule has 1 aromatic rings. The molecule has 1 rings (SSSR count). The number of carbonyl (C=O) groups is 1. The maximum atomic E-state index is 12.3. The van der Waals surface area contributed by atoms with Crippen LogP contribution in [-0.4, -0.2) is 28.9 Å². The summed E-state index contributed by atoms with van der Waals surface area (Å²) in [5.41, 5.74) is 7.42. The molecule has 0 aromatic carbocycles. The van der Waals surface area contributed by atoms with Gasteiger partial charge in [0.05, 0.1) is 17.6 Å². The molecule has 0 radical (unpaired) electrons. The average Bonchev–Trinajstić information content (AvgIpc) is 2.34. The van der Waals surface area contributed by atoms with E-state index in [9.17, 15) is 4.79 Å². The molecule has 1 aromatic heterocycles. The minimum atomic E-state index is -0.200. The molecule has 0 aliphatic rings. The number of aromatic nitrogens is 1. The third kappa shape index (κ3) is 3.20. The van der Waals surface area contributed by atoms with Gasteiger partial charge in [-0.1, -0.05) is 0 Å². The van der Waals surface area contributed by atoms with Gasteiger partial charge in [0.25, 0.3) is 5.91 Å². The van der Waals surface area contributed by atoms with Crippen LogP contribution in [0.1, 0.15) is 29.9 Å². The zero-order chi connectivity index (χ0) is 13.7. The number of nitrogens with zero attached hydrogens (tertiary/aromatic N) is 3. The Morgan fingerprint density at radius 3 is 2.83 bits per heavy atom. The van der Waals surface area contributed by atoms with E-state index in [4.69, 9.17) is 11.0 Å². The molecule has 1 unspecified atom stereocenters. The summed E-state index contributed by atoms with van der Waals surface area (Å²) in [6, 6.07) is 3.79. The molecule has 2 N–H and O–H groups in total. The van der Waals surface area contributed by atoms with Gasteiger partial charge in [-0.2, -0.15) is 5.26 Å². The molecule has 5 heteroatoms. The molecule has 0 saturated carbocycles. The molecule has 1 atom stereocenters. The number of carbonyl (C=O) groups excluding carboxylic acids is 1. The van der Waals surface area contributed by atoms with E-state index in [-0.39, 0.29) is 11.8 Å². The number of nitrogens with two attached hydrogens (primary N) is 1. The molecule has 0 saturated heterocycles. The topological polar surface area (TPSA) is 83.0 Å². The van der Waals surface area contributed by atoms with Gasteiger partial charge in [-0.25, -0.2) is 0 Å². The van der Waals surface area contributed by atoms with Crippen molar-refractivity contribution in [2.45, 2.75) is 20.8 Å². The van der Waals surface area contributed by atoms with E-state index in [1.54, 1.807) is 17.9 Å². The summed E-state index contributed by atoms with van der Waals surface area (Å²) in [7, 11) is 0. The first-order chi connectivity index (χ1) is 8.49. The van der Waals surface area contributed by atoms with Crippen LogP contribution in [0.3, 0.4) is 0 Å². The van der Waals surface area contributed by atoms with Gasteiger partial charge >= 0.3 is 0 Å². The second-order valence-electron chi connectivity index (χ2n) is 4.29. The summed E-state index contributed by atoms with van der Waals surface area (Å²) in [5.74, 6) is -0.377. The number of amides is 1. The van der Waals surface area contributed by atoms with Crippen LogP contribution in [0.15, 0.2) is 12.3 Å². The third-order valence-electron chi connectivity index (χ3n) is 2.69. The monoisotopic (exact) mass is 246 g/mol. The summed E-state index contributed by atoms with van der Waals surface area (Å²) in [4.78, 5) is 17.9. The van der Waals surface area contributed by atoms with Gasteiger partial charge in [-0.15, -0.1) is 0 Å². The molecule has 1 amide bonds. The first kappa shape index (κ1) is 14.0. The number of anilines is 1. The standard InChI is InChI=1S/C13H18N4O/c1-4-17(8-9(2)6-14)13(18)11-7-16-10(3)5-12(11)15/h5,7,9H,4,8H2,1-3H3,(H2,15,16). The van der Waals surface area contributed by atoms with Gasteiger partial charge in [-0.3, -0.25) is 9.78 Å². The zero-order valence-corrected chi connectivity index (χ0v) is 11.0. The molecular formula is C13H18N4O. The summed E-state index contributed by atoms with van der Waals surface area (Å²) in [5, 5.41) is 8.80. The number of aryl methyl sites for hydroxylation is 1. The van der Waals surface area contributed by atoms with Crippen LogP contribution >= 0.6 is 0 Å². The molecule has 0 aliphatic carbocycles. The summed E-state index contributed by atoms with van der Waals surface area (Å²) in [6.07, 6.45) is 1.49. The second-order valence-corrected chi connectivity index (χ2v) is 4.29. The normalized spacial score (nSPS) is 11.7. The third-order valence-corrected chi connectivity index (χ3v) is 2.69. The van der Waals surface area contributed by atoms with E-state index >= 15 is 0 Å². The Morgan fingerprint density at radius 2 is 2.33 bits per heavy atom. The Hall–Kier alpha value is -2.09. The fourth-order valence-corrected chi connectivity index (χ4v) is 1.66. The van der Waals surface area contributed by atoms with Gasteiger partial charge in [-0.05, 0) is 26.8 Å². The minimum Gasteiger partial charge on any atom is -0.398 e. The quantitative estimate of drug-likeness (QED) is 0.874. The van der Waals surface area contributed by atoms with Crippen molar-refractivity contribution in [2.75, 3.05) is 18.8 Å². The number of nitrogen functional groups attached to an aromatic ring is 1. The highest BCUT2D eigenvalue weighted by Gasteiger charge is 2.19. The number of nitriles is 1. The van der Waals surface area contributed by atoms with Gasteiger partial charge in [0, 0.05) is 30.7 Å². The van der Waals surface area contributed by atoms with Crippen LogP contribution in [0.2, 0.25) is 0 Å². The van der Waals surface area contributed by atoms with E-state index in [2.05, 4.69) is 11.1 Å². The molecule has 5 nitrogen and oxygen atoms in total. The maximum Gasteiger partial charge on any atom is 0.257 e. The van der Waals surface area contributed by atoms with Crippen molar-refractivity contribution in [3.63, 3.8) is 0 Å². The van der Waals surface area contributed by atoms with Crippen molar-refractivity contribution in [3.05, 3.63) is 23.5 Å². The summed E-state index contributed by atoms with van der Waals surface area (Å²) in [6.45, 7) is 6.42. The summed E-state index contributed by atoms with van der Waals surface area (Å²) < 4.78 is 0. The highest BCUT2D eigenvalue weighted by atomic mass is 16.2. The number of rotatable bonds is 4. The van der Waals surface area contributed by atoms with Crippen molar-refractivity contribution >= 4 is 11.6 Å². The molecule has 0 aliphatic heterocycles. The Labute approximate surface area is 107 Å². The molecular weight excluding hydrogens is 228 g/mol. The lowest BCUT2D eigenvalue weighted by Crippen LogP contribution is -2.34. The lowest BCUT2D eigenvalue weighted by molar-refractivity contribution is 0.0753. The SMILES string of the molecule is CCN(CC(C)C#N)C(=O)c1cnc(C)cc1N. The predicted molar refractivity (Wildman–Crippen MR) is 69.7 cm³/mol. The van der Waals surface area contributed by atoms with Crippen LogP contribution < -0.4 is 5.73 Å². The number of pyridine rings is 1. The van der Waals surface area contributed by atoms with Crippen LogP contribution in [0.5, 0.6) is 0 Å². The number of hydrogen-bond donors (Lipinski definition) is 1. The molecule has 1 heterocycles. The minimum absolute atomic E-state index is 0.176. The molecule has 96 valence electrons. The van der Waals surface area contributed by atoms with Crippen LogP contribution in [-0.2, 0) is 0 Å². The van der Waals surface area contributed by atoms with E-state index in [1.807, 2.05) is 13.8 Å². The molecule has 18 heavy (non-hydrogen) atoms. The first-order valence-corrected chi connectivity index (χ1v) is 5.90. The van der Waals surface area contributed by atoms with Gasteiger partial charge in [0.15, 0.2) is 0 Å². The van der Waals surface area contributed by atoms with E-state index in [0.29, 0.717) is 24.3 Å². The average molecular weight is 246 g/mol. The zero-order valence-electron chi connectivity index (χ0n) is 11.0. The Morgan fingerprint density at radius 1 is 1.67 bits per heavy atom. The van der Waals surface area contributed by atoms with Crippen molar-refractivity contribution in [1.82, 2.24) is 9.88 Å².